The average molecular weight is 287 g/mol. The zero-order valence-electron chi connectivity index (χ0n) is 13.2. The first-order valence-corrected chi connectivity index (χ1v) is 7.89. The zero-order chi connectivity index (χ0) is 15.4. The molecule has 0 saturated heterocycles. The second-order valence-electron chi connectivity index (χ2n) is 5.72. The number of benzene rings is 2. The fourth-order valence-electron chi connectivity index (χ4n) is 2.61. The third kappa shape index (κ3) is 3.09. The molecule has 3 aromatic rings. The number of nitrogens with zero attached hydrogens (tertiary/aromatic N) is 1. The van der Waals surface area contributed by atoms with E-state index in [4.69, 9.17) is 0 Å². The van der Waals surface area contributed by atoms with E-state index in [1.165, 1.54) is 23.1 Å². The van der Waals surface area contributed by atoms with Crippen LogP contribution >= 0.6 is 0 Å². The van der Waals surface area contributed by atoms with E-state index in [2.05, 4.69) is 67.4 Å². The number of pyridine rings is 1. The lowest BCUT2D eigenvalue weighted by Gasteiger charge is -2.10. The van der Waals surface area contributed by atoms with Crippen molar-refractivity contribution in [2.24, 2.45) is 0 Å². The van der Waals surface area contributed by atoms with Gasteiger partial charge in [-0.25, -0.2) is 0 Å². The van der Waals surface area contributed by atoms with E-state index < -0.39 is 0 Å². The van der Waals surface area contributed by atoms with Gasteiger partial charge in [-0.05, 0) is 41.2 Å². The molecule has 0 aliphatic rings. The number of hydrogen-bond acceptors (Lipinski definition) is 1. The summed E-state index contributed by atoms with van der Waals surface area (Å²) in [6.45, 7) is 4.51. The highest BCUT2D eigenvalue weighted by atomic mass is 14.7. The van der Waals surface area contributed by atoms with Crippen molar-refractivity contribution in [3.63, 3.8) is 0 Å². The van der Waals surface area contributed by atoms with Crippen molar-refractivity contribution in [1.29, 1.82) is 0 Å². The Hall–Kier alpha value is -2.41. The van der Waals surface area contributed by atoms with Crippen molar-refractivity contribution < 1.29 is 0 Å². The number of aromatic nitrogens is 1. The second kappa shape index (κ2) is 6.57. The van der Waals surface area contributed by atoms with Crippen LogP contribution in [0.4, 0.5) is 0 Å². The molecule has 3 rings (SSSR count). The fraction of sp³-hybridized carbons (Fsp3) is 0.190. The molecule has 0 amide bonds. The Kier molecular flexibility index (Phi) is 4.34. The standard InChI is InChI=1S/C21H21N/c1-3-16(2)17-7-9-18(10-8-17)19-11-13-20(14-12-19)21-6-4-5-15-22-21/h4-16H,3H2,1-2H3. The Morgan fingerprint density at radius 1 is 0.773 bits per heavy atom. The molecule has 1 nitrogen and oxygen atoms in total. The van der Waals surface area contributed by atoms with Crippen LogP contribution in [0.25, 0.3) is 22.4 Å². The summed E-state index contributed by atoms with van der Waals surface area (Å²) < 4.78 is 0. The maximum atomic E-state index is 4.39. The molecule has 1 aromatic heterocycles. The summed E-state index contributed by atoms with van der Waals surface area (Å²) in [6, 6.07) is 23.5. The van der Waals surface area contributed by atoms with E-state index >= 15 is 0 Å². The van der Waals surface area contributed by atoms with Gasteiger partial charge in [0.1, 0.15) is 0 Å². The van der Waals surface area contributed by atoms with Crippen LogP contribution in [0.5, 0.6) is 0 Å². The normalized spacial score (nSPS) is 12.1. The molecule has 22 heavy (non-hydrogen) atoms. The molecule has 0 aliphatic heterocycles. The highest BCUT2D eigenvalue weighted by Crippen LogP contribution is 2.26. The van der Waals surface area contributed by atoms with Gasteiger partial charge < -0.3 is 0 Å². The molecule has 0 aliphatic carbocycles. The smallest absolute Gasteiger partial charge is 0.0701 e. The van der Waals surface area contributed by atoms with Gasteiger partial charge in [0.15, 0.2) is 0 Å². The highest BCUT2D eigenvalue weighted by molar-refractivity contribution is 5.68. The van der Waals surface area contributed by atoms with Gasteiger partial charge in [-0.1, -0.05) is 68.4 Å². The first kappa shape index (κ1) is 14.5. The SMILES string of the molecule is CCC(C)c1ccc(-c2ccc(-c3ccccn3)cc2)cc1. The van der Waals surface area contributed by atoms with Crippen molar-refractivity contribution >= 4 is 0 Å². The maximum Gasteiger partial charge on any atom is 0.0701 e. The predicted octanol–water partition coefficient (Wildman–Crippen LogP) is 5.93. The van der Waals surface area contributed by atoms with Crippen LogP contribution in [-0.2, 0) is 0 Å². The molecule has 1 atom stereocenters. The van der Waals surface area contributed by atoms with Crippen molar-refractivity contribution in [2.75, 3.05) is 0 Å². The van der Waals surface area contributed by atoms with E-state index in [1.54, 1.807) is 0 Å². The lowest BCUT2D eigenvalue weighted by Crippen LogP contribution is -1.90. The fourth-order valence-corrected chi connectivity index (χ4v) is 2.61. The molecule has 0 saturated carbocycles. The Morgan fingerprint density at radius 3 is 1.91 bits per heavy atom. The van der Waals surface area contributed by atoms with Crippen LogP contribution in [0.2, 0.25) is 0 Å². The minimum atomic E-state index is 0.626. The van der Waals surface area contributed by atoms with Gasteiger partial charge in [0.05, 0.1) is 5.69 Å². The lowest BCUT2D eigenvalue weighted by molar-refractivity contribution is 0.734. The molecule has 0 fully saturated rings. The largest absolute Gasteiger partial charge is 0.256 e. The van der Waals surface area contributed by atoms with E-state index in [1.807, 2.05) is 24.4 Å². The number of rotatable bonds is 4. The van der Waals surface area contributed by atoms with Crippen LogP contribution in [0, 0.1) is 0 Å². The van der Waals surface area contributed by atoms with Crippen molar-refractivity contribution in [1.82, 2.24) is 4.98 Å². The third-order valence-electron chi connectivity index (χ3n) is 4.27. The first-order chi connectivity index (χ1) is 10.8. The highest BCUT2D eigenvalue weighted by Gasteiger charge is 2.04. The number of hydrogen-bond donors (Lipinski definition) is 0. The Balaban J connectivity index is 1.84. The van der Waals surface area contributed by atoms with Crippen molar-refractivity contribution in [3.05, 3.63) is 78.5 Å². The van der Waals surface area contributed by atoms with Gasteiger partial charge in [-0.2, -0.15) is 0 Å². The Morgan fingerprint density at radius 2 is 1.36 bits per heavy atom. The van der Waals surface area contributed by atoms with Gasteiger partial charge in [-0.15, -0.1) is 0 Å². The molecule has 0 N–H and O–H groups in total. The molecule has 1 unspecified atom stereocenters. The van der Waals surface area contributed by atoms with Crippen molar-refractivity contribution in [3.8, 4) is 22.4 Å². The van der Waals surface area contributed by atoms with Crippen LogP contribution in [0.3, 0.4) is 0 Å². The molecule has 110 valence electrons. The summed E-state index contributed by atoms with van der Waals surface area (Å²) in [5.74, 6) is 0.626. The minimum absolute atomic E-state index is 0.626. The third-order valence-corrected chi connectivity index (χ3v) is 4.27. The van der Waals surface area contributed by atoms with E-state index in [0.29, 0.717) is 5.92 Å². The molecule has 0 radical (unpaired) electrons. The average Bonchev–Trinajstić information content (AvgIpc) is 2.62. The summed E-state index contributed by atoms with van der Waals surface area (Å²) >= 11 is 0. The van der Waals surface area contributed by atoms with E-state index in [0.717, 1.165) is 11.3 Å². The van der Waals surface area contributed by atoms with Gasteiger partial charge in [-0.3, -0.25) is 4.98 Å². The lowest BCUT2D eigenvalue weighted by atomic mass is 9.95. The molecular formula is C21H21N. The zero-order valence-corrected chi connectivity index (χ0v) is 13.2. The summed E-state index contributed by atoms with van der Waals surface area (Å²) in [5, 5.41) is 0. The maximum absolute atomic E-state index is 4.39. The van der Waals surface area contributed by atoms with Crippen LogP contribution in [-0.4, -0.2) is 4.98 Å². The molecular weight excluding hydrogens is 266 g/mol. The summed E-state index contributed by atoms with van der Waals surface area (Å²) in [4.78, 5) is 4.39. The van der Waals surface area contributed by atoms with Crippen LogP contribution < -0.4 is 0 Å². The monoisotopic (exact) mass is 287 g/mol. The summed E-state index contributed by atoms with van der Waals surface area (Å²) in [6.07, 6.45) is 3.01. The van der Waals surface area contributed by atoms with Gasteiger partial charge in [0, 0.05) is 11.8 Å². The molecule has 2 aromatic carbocycles. The van der Waals surface area contributed by atoms with E-state index in [-0.39, 0.29) is 0 Å². The second-order valence-corrected chi connectivity index (χ2v) is 5.72. The van der Waals surface area contributed by atoms with Crippen LogP contribution in [0.1, 0.15) is 31.7 Å². The van der Waals surface area contributed by atoms with Gasteiger partial charge in [0.25, 0.3) is 0 Å². The minimum Gasteiger partial charge on any atom is -0.256 e. The van der Waals surface area contributed by atoms with Crippen LogP contribution in [0.15, 0.2) is 72.9 Å². The summed E-state index contributed by atoms with van der Waals surface area (Å²) in [5.41, 5.74) is 6.09. The molecule has 1 heteroatoms. The van der Waals surface area contributed by atoms with E-state index in [9.17, 15) is 0 Å². The predicted molar refractivity (Wildman–Crippen MR) is 93.8 cm³/mol. The molecule has 1 heterocycles. The Bertz CT molecular complexity index is 712. The first-order valence-electron chi connectivity index (χ1n) is 7.89. The van der Waals surface area contributed by atoms with Crippen molar-refractivity contribution in [2.45, 2.75) is 26.2 Å². The van der Waals surface area contributed by atoms with Gasteiger partial charge >= 0.3 is 0 Å². The Labute approximate surface area is 132 Å². The molecule has 0 spiro atoms. The quantitative estimate of drug-likeness (QED) is 0.579. The molecule has 0 bridgehead atoms. The summed E-state index contributed by atoms with van der Waals surface area (Å²) in [7, 11) is 0. The van der Waals surface area contributed by atoms with Gasteiger partial charge in [0.2, 0.25) is 0 Å². The topological polar surface area (TPSA) is 12.9 Å².